The van der Waals surface area contributed by atoms with E-state index in [-0.39, 0.29) is 6.04 Å². The van der Waals surface area contributed by atoms with Gasteiger partial charge in [0.25, 0.3) is 0 Å². The Balaban J connectivity index is 1.54. The Morgan fingerprint density at radius 3 is 3.05 bits per heavy atom. The van der Waals surface area contributed by atoms with Crippen LogP contribution in [-0.2, 0) is 0 Å². The highest BCUT2D eigenvalue weighted by Gasteiger charge is 2.38. The first-order valence-electron chi connectivity index (χ1n) is 6.86. The van der Waals surface area contributed by atoms with Gasteiger partial charge in [0.15, 0.2) is 5.69 Å². The number of aromatic amines is 1. The molecule has 2 N–H and O–H groups in total. The minimum atomic E-state index is 0.196. The van der Waals surface area contributed by atoms with Gasteiger partial charge in [-0.05, 0) is 25.2 Å². The van der Waals surface area contributed by atoms with Crippen LogP contribution >= 0.6 is 0 Å². The molecule has 7 heteroatoms. The Labute approximate surface area is 110 Å². The predicted molar refractivity (Wildman–Crippen MR) is 65.9 cm³/mol. The van der Waals surface area contributed by atoms with Gasteiger partial charge < -0.3 is 9.84 Å². The van der Waals surface area contributed by atoms with Gasteiger partial charge >= 0.3 is 0 Å². The number of hydrogen-bond acceptors (Lipinski definition) is 6. The molecule has 3 atom stereocenters. The smallest absolute Gasteiger partial charge is 0.244 e. The van der Waals surface area contributed by atoms with E-state index in [0.717, 1.165) is 12.3 Å². The fourth-order valence-electron chi connectivity index (χ4n) is 3.30. The molecule has 0 aromatic carbocycles. The normalized spacial score (nSPS) is 30.4. The molecule has 0 amide bonds. The molecule has 2 fully saturated rings. The summed E-state index contributed by atoms with van der Waals surface area (Å²) >= 11 is 0. The fraction of sp³-hybridized carbons (Fsp3) is 0.667. The minimum Gasteiger partial charge on any atom is -0.337 e. The van der Waals surface area contributed by atoms with Crippen molar-refractivity contribution in [3.05, 3.63) is 12.1 Å². The third-order valence-corrected chi connectivity index (χ3v) is 4.25. The van der Waals surface area contributed by atoms with E-state index in [1.54, 1.807) is 6.20 Å². The van der Waals surface area contributed by atoms with E-state index in [0.29, 0.717) is 23.5 Å². The molecule has 0 bridgehead atoms. The Bertz CT molecular complexity index is 536. The molecule has 1 saturated carbocycles. The summed E-state index contributed by atoms with van der Waals surface area (Å²) in [6, 6.07) is 0.822. The second-order valence-electron chi connectivity index (χ2n) is 5.42. The summed E-state index contributed by atoms with van der Waals surface area (Å²) in [5, 5.41) is 17.9. The molecule has 2 aromatic rings. The van der Waals surface area contributed by atoms with Crippen LogP contribution in [0.3, 0.4) is 0 Å². The molecule has 7 nitrogen and oxygen atoms in total. The summed E-state index contributed by atoms with van der Waals surface area (Å²) in [4.78, 5) is 4.43. The zero-order chi connectivity index (χ0) is 12.7. The lowest BCUT2D eigenvalue weighted by molar-refractivity contribution is 0.324. The molecule has 100 valence electrons. The first-order valence-corrected chi connectivity index (χ1v) is 6.86. The molecule has 4 rings (SSSR count). The molecule has 0 spiro atoms. The summed E-state index contributed by atoms with van der Waals surface area (Å²) in [6.07, 6.45) is 7.96. The third kappa shape index (κ3) is 1.94. The van der Waals surface area contributed by atoms with E-state index in [1.165, 1.54) is 25.7 Å². The monoisotopic (exact) mass is 260 g/mol. The minimum absolute atomic E-state index is 0.196. The molecule has 3 heterocycles. The van der Waals surface area contributed by atoms with Gasteiger partial charge in [-0.2, -0.15) is 20.4 Å². The van der Waals surface area contributed by atoms with Gasteiger partial charge in [-0.25, -0.2) is 0 Å². The van der Waals surface area contributed by atoms with E-state index in [9.17, 15) is 0 Å². The number of aromatic nitrogens is 5. The van der Waals surface area contributed by atoms with Crippen molar-refractivity contribution in [3.63, 3.8) is 0 Å². The van der Waals surface area contributed by atoms with Crippen LogP contribution in [0.4, 0.5) is 0 Å². The second-order valence-corrected chi connectivity index (χ2v) is 5.42. The molecular formula is C12H16N6O. The van der Waals surface area contributed by atoms with Crippen LogP contribution in [0.5, 0.6) is 0 Å². The van der Waals surface area contributed by atoms with Gasteiger partial charge in [0.2, 0.25) is 11.7 Å². The zero-order valence-electron chi connectivity index (χ0n) is 10.5. The van der Waals surface area contributed by atoms with Crippen molar-refractivity contribution in [1.82, 2.24) is 30.9 Å². The first-order chi connectivity index (χ1) is 9.40. The number of hydrogen-bond donors (Lipinski definition) is 2. The fourth-order valence-corrected chi connectivity index (χ4v) is 3.30. The topological polar surface area (TPSA) is 92.5 Å². The van der Waals surface area contributed by atoms with Gasteiger partial charge in [-0.1, -0.05) is 18.0 Å². The Kier molecular flexibility index (Phi) is 2.58. The number of H-pyrrole nitrogens is 1. The van der Waals surface area contributed by atoms with Crippen LogP contribution in [-0.4, -0.2) is 31.6 Å². The zero-order valence-corrected chi connectivity index (χ0v) is 10.5. The van der Waals surface area contributed by atoms with Gasteiger partial charge in [0.05, 0.1) is 12.2 Å². The average Bonchev–Trinajstić information content (AvgIpc) is 3.17. The van der Waals surface area contributed by atoms with Gasteiger partial charge in [0, 0.05) is 6.04 Å². The molecule has 19 heavy (non-hydrogen) atoms. The lowest BCUT2D eigenvalue weighted by Gasteiger charge is -2.24. The standard InChI is InChI=1S/C12H16N6O/c1-2-4-8-7(3-1)5-9(14-8)12-15-11(17-19-12)10-6-13-18-16-10/h6-9,14H,1-5H2,(H,13,16,18). The molecule has 1 aliphatic carbocycles. The number of fused-ring (bicyclic) bond motifs is 1. The van der Waals surface area contributed by atoms with Crippen LogP contribution in [0.25, 0.3) is 11.5 Å². The van der Waals surface area contributed by atoms with Crippen molar-refractivity contribution >= 4 is 0 Å². The highest BCUT2D eigenvalue weighted by molar-refractivity contribution is 5.44. The van der Waals surface area contributed by atoms with Crippen molar-refractivity contribution < 1.29 is 4.52 Å². The van der Waals surface area contributed by atoms with E-state index >= 15 is 0 Å². The van der Waals surface area contributed by atoms with Crippen molar-refractivity contribution in [2.24, 2.45) is 5.92 Å². The molecule has 2 aliphatic rings. The maximum atomic E-state index is 5.37. The van der Waals surface area contributed by atoms with E-state index in [2.05, 4.69) is 30.9 Å². The van der Waals surface area contributed by atoms with Crippen molar-refractivity contribution in [1.29, 1.82) is 0 Å². The Hall–Kier alpha value is -1.76. The highest BCUT2D eigenvalue weighted by Crippen LogP contribution is 2.38. The van der Waals surface area contributed by atoms with Crippen LogP contribution < -0.4 is 5.32 Å². The molecule has 3 unspecified atom stereocenters. The second kappa shape index (κ2) is 4.41. The summed E-state index contributed by atoms with van der Waals surface area (Å²) in [7, 11) is 0. The quantitative estimate of drug-likeness (QED) is 0.849. The van der Waals surface area contributed by atoms with Gasteiger partial charge in [0.1, 0.15) is 0 Å². The largest absolute Gasteiger partial charge is 0.337 e. The highest BCUT2D eigenvalue weighted by atomic mass is 16.5. The molecule has 1 aliphatic heterocycles. The Morgan fingerprint density at radius 2 is 2.21 bits per heavy atom. The van der Waals surface area contributed by atoms with Gasteiger partial charge in [-0.15, -0.1) is 0 Å². The van der Waals surface area contributed by atoms with E-state index in [4.69, 9.17) is 4.52 Å². The lowest BCUT2D eigenvalue weighted by Crippen LogP contribution is -2.30. The van der Waals surface area contributed by atoms with Crippen molar-refractivity contribution in [2.75, 3.05) is 0 Å². The summed E-state index contributed by atoms with van der Waals surface area (Å²) < 4.78 is 5.37. The third-order valence-electron chi connectivity index (χ3n) is 4.25. The van der Waals surface area contributed by atoms with Crippen LogP contribution in [0, 0.1) is 5.92 Å². The summed E-state index contributed by atoms with van der Waals surface area (Å²) in [6.45, 7) is 0. The molecule has 2 aromatic heterocycles. The maximum Gasteiger partial charge on any atom is 0.244 e. The summed E-state index contributed by atoms with van der Waals surface area (Å²) in [5.41, 5.74) is 0.616. The average molecular weight is 260 g/mol. The number of rotatable bonds is 2. The van der Waals surface area contributed by atoms with E-state index in [1.807, 2.05) is 0 Å². The molecular weight excluding hydrogens is 244 g/mol. The van der Waals surface area contributed by atoms with E-state index < -0.39 is 0 Å². The molecule has 0 radical (unpaired) electrons. The van der Waals surface area contributed by atoms with Crippen LogP contribution in [0.1, 0.15) is 44.0 Å². The number of nitrogens with zero attached hydrogens (tertiary/aromatic N) is 4. The maximum absolute atomic E-state index is 5.37. The van der Waals surface area contributed by atoms with Crippen LogP contribution in [0.2, 0.25) is 0 Å². The number of nitrogens with one attached hydrogen (secondary N) is 2. The summed E-state index contributed by atoms with van der Waals surface area (Å²) in [5.74, 6) is 1.94. The van der Waals surface area contributed by atoms with Crippen LogP contribution in [0.15, 0.2) is 10.7 Å². The lowest BCUT2D eigenvalue weighted by atomic mass is 9.85. The predicted octanol–water partition coefficient (Wildman–Crippen LogP) is 1.45. The SMILES string of the molecule is c1n[nH]nc1-c1noc(C2CC3CCCCC3N2)n1. The van der Waals surface area contributed by atoms with Crippen molar-refractivity contribution in [2.45, 2.75) is 44.2 Å². The molecule has 1 saturated heterocycles. The van der Waals surface area contributed by atoms with Gasteiger partial charge in [-0.3, -0.25) is 0 Å². The first kappa shape index (κ1) is 11.1. The van der Waals surface area contributed by atoms with Crippen molar-refractivity contribution in [3.8, 4) is 11.5 Å². The Morgan fingerprint density at radius 1 is 1.26 bits per heavy atom.